The summed E-state index contributed by atoms with van der Waals surface area (Å²) in [6.07, 6.45) is 0. The first-order chi connectivity index (χ1) is 6.65. The van der Waals surface area contributed by atoms with Crippen molar-refractivity contribution in [1.82, 2.24) is 5.48 Å². The first kappa shape index (κ1) is 10.4. The molecule has 2 N–H and O–H groups in total. The monoisotopic (exact) mass is 192 g/mol. The molecule has 0 aromatic heterocycles. The van der Waals surface area contributed by atoms with Crippen molar-refractivity contribution < 1.29 is 10.0 Å². The van der Waals surface area contributed by atoms with Gasteiger partial charge in [0.05, 0.1) is 5.69 Å². The van der Waals surface area contributed by atoms with Gasteiger partial charge in [0.25, 0.3) is 0 Å². The smallest absolute Gasteiger partial charge is 0.196 e. The van der Waals surface area contributed by atoms with E-state index in [1.165, 1.54) is 6.92 Å². The average molecular weight is 192 g/mol. The molecule has 0 bridgehead atoms. The molecule has 0 amide bonds. The Kier molecular flexibility index (Phi) is 3.36. The standard InChI is InChI=1S/C10H12N2O2/c1-7-5-3-4-6-9(7)11-10(12-14)8(2)13/h3-6,14H,1-2H3,(H,11,12). The molecule has 0 aliphatic heterocycles. The van der Waals surface area contributed by atoms with Crippen LogP contribution in [0.15, 0.2) is 29.3 Å². The van der Waals surface area contributed by atoms with Crippen molar-refractivity contribution in [2.24, 2.45) is 4.99 Å². The summed E-state index contributed by atoms with van der Waals surface area (Å²) in [4.78, 5) is 14.9. The van der Waals surface area contributed by atoms with Gasteiger partial charge in [0.1, 0.15) is 0 Å². The maximum Gasteiger partial charge on any atom is 0.196 e. The lowest BCUT2D eigenvalue weighted by molar-refractivity contribution is -0.111. The Morgan fingerprint density at radius 2 is 2.07 bits per heavy atom. The second-order valence-corrected chi connectivity index (χ2v) is 2.91. The summed E-state index contributed by atoms with van der Waals surface area (Å²) in [6.45, 7) is 3.22. The van der Waals surface area contributed by atoms with Crippen molar-refractivity contribution in [2.75, 3.05) is 0 Å². The number of nitrogens with one attached hydrogen (secondary N) is 1. The quantitative estimate of drug-likeness (QED) is 0.425. The summed E-state index contributed by atoms with van der Waals surface area (Å²) in [5.74, 6) is -0.366. The van der Waals surface area contributed by atoms with Gasteiger partial charge >= 0.3 is 0 Å². The fraction of sp³-hybridized carbons (Fsp3) is 0.200. The molecule has 0 saturated carbocycles. The molecule has 0 saturated heterocycles. The summed E-state index contributed by atoms with van der Waals surface area (Å²) in [5, 5.41) is 8.65. The molecule has 74 valence electrons. The maximum absolute atomic E-state index is 10.9. The SMILES string of the molecule is CC(=O)C(=Nc1ccccc1C)NO. The summed E-state index contributed by atoms with van der Waals surface area (Å²) < 4.78 is 0. The van der Waals surface area contributed by atoms with Crippen LogP contribution in [0.25, 0.3) is 0 Å². The van der Waals surface area contributed by atoms with Crippen LogP contribution >= 0.6 is 0 Å². The Labute approximate surface area is 82.2 Å². The molecular formula is C10H12N2O2. The number of benzene rings is 1. The van der Waals surface area contributed by atoms with Crippen molar-refractivity contribution in [3.8, 4) is 0 Å². The van der Waals surface area contributed by atoms with E-state index in [1.54, 1.807) is 11.5 Å². The van der Waals surface area contributed by atoms with Crippen LogP contribution < -0.4 is 5.48 Å². The zero-order chi connectivity index (χ0) is 10.6. The number of aryl methyl sites for hydroxylation is 1. The molecule has 0 aliphatic rings. The molecule has 0 heterocycles. The fourth-order valence-electron chi connectivity index (χ4n) is 0.992. The third-order valence-corrected chi connectivity index (χ3v) is 1.79. The van der Waals surface area contributed by atoms with Crippen LogP contribution in [0, 0.1) is 6.92 Å². The second kappa shape index (κ2) is 4.53. The van der Waals surface area contributed by atoms with Gasteiger partial charge in [-0.2, -0.15) is 0 Å². The number of carbonyl (C=O) groups is 1. The van der Waals surface area contributed by atoms with E-state index in [-0.39, 0.29) is 11.6 Å². The van der Waals surface area contributed by atoms with Crippen LogP contribution in [0.5, 0.6) is 0 Å². The van der Waals surface area contributed by atoms with Crippen molar-refractivity contribution >= 4 is 17.3 Å². The van der Waals surface area contributed by atoms with Gasteiger partial charge in [-0.3, -0.25) is 10.0 Å². The highest BCUT2D eigenvalue weighted by Crippen LogP contribution is 2.16. The topological polar surface area (TPSA) is 61.7 Å². The molecule has 1 aromatic carbocycles. The number of hydrogen-bond donors (Lipinski definition) is 2. The van der Waals surface area contributed by atoms with Gasteiger partial charge in [0.2, 0.25) is 0 Å². The first-order valence-corrected chi connectivity index (χ1v) is 4.20. The first-order valence-electron chi connectivity index (χ1n) is 4.20. The molecule has 0 fully saturated rings. The Balaban J connectivity index is 3.07. The predicted octanol–water partition coefficient (Wildman–Crippen LogP) is 1.59. The minimum Gasteiger partial charge on any atom is -0.291 e. The van der Waals surface area contributed by atoms with Gasteiger partial charge in [-0.1, -0.05) is 18.2 Å². The number of aliphatic imine (C=N–C) groups is 1. The van der Waals surface area contributed by atoms with Crippen LogP contribution in [-0.4, -0.2) is 16.8 Å². The van der Waals surface area contributed by atoms with Gasteiger partial charge in [-0.15, -0.1) is 0 Å². The molecular weight excluding hydrogens is 180 g/mol. The largest absolute Gasteiger partial charge is 0.291 e. The number of para-hydroxylation sites is 1. The zero-order valence-electron chi connectivity index (χ0n) is 8.11. The second-order valence-electron chi connectivity index (χ2n) is 2.91. The van der Waals surface area contributed by atoms with E-state index in [0.717, 1.165) is 5.56 Å². The number of hydroxylamine groups is 1. The normalized spacial score (nSPS) is 11.2. The lowest BCUT2D eigenvalue weighted by Crippen LogP contribution is -2.25. The van der Waals surface area contributed by atoms with E-state index in [4.69, 9.17) is 5.21 Å². The highest BCUT2D eigenvalue weighted by atomic mass is 16.5. The van der Waals surface area contributed by atoms with Crippen LogP contribution in [-0.2, 0) is 4.79 Å². The summed E-state index contributed by atoms with van der Waals surface area (Å²) >= 11 is 0. The molecule has 14 heavy (non-hydrogen) atoms. The number of Topliss-reactive ketones (excluding diaryl/α,β-unsaturated/α-hetero) is 1. The Morgan fingerprint density at radius 3 is 2.57 bits per heavy atom. The Bertz CT molecular complexity index is 372. The predicted molar refractivity (Wildman–Crippen MR) is 53.9 cm³/mol. The molecule has 0 spiro atoms. The molecule has 0 unspecified atom stereocenters. The van der Waals surface area contributed by atoms with E-state index in [2.05, 4.69) is 4.99 Å². The van der Waals surface area contributed by atoms with Crippen LogP contribution in [0.3, 0.4) is 0 Å². The maximum atomic E-state index is 10.9. The van der Waals surface area contributed by atoms with Crippen LogP contribution in [0.4, 0.5) is 5.69 Å². The lowest BCUT2D eigenvalue weighted by atomic mass is 10.2. The van der Waals surface area contributed by atoms with E-state index >= 15 is 0 Å². The van der Waals surface area contributed by atoms with Gasteiger partial charge < -0.3 is 0 Å². The van der Waals surface area contributed by atoms with Crippen LogP contribution in [0.1, 0.15) is 12.5 Å². The van der Waals surface area contributed by atoms with Crippen molar-refractivity contribution in [3.63, 3.8) is 0 Å². The van der Waals surface area contributed by atoms with Crippen LogP contribution in [0.2, 0.25) is 0 Å². The molecule has 0 radical (unpaired) electrons. The van der Waals surface area contributed by atoms with Crippen molar-refractivity contribution in [2.45, 2.75) is 13.8 Å². The molecule has 4 nitrogen and oxygen atoms in total. The zero-order valence-corrected chi connectivity index (χ0v) is 8.11. The highest BCUT2D eigenvalue weighted by Gasteiger charge is 2.04. The van der Waals surface area contributed by atoms with E-state index < -0.39 is 0 Å². The third-order valence-electron chi connectivity index (χ3n) is 1.79. The fourth-order valence-corrected chi connectivity index (χ4v) is 0.992. The van der Waals surface area contributed by atoms with Gasteiger partial charge in [0, 0.05) is 6.92 Å². The number of amidine groups is 1. The average Bonchev–Trinajstić information content (AvgIpc) is 2.16. The Morgan fingerprint density at radius 1 is 1.43 bits per heavy atom. The lowest BCUT2D eigenvalue weighted by Gasteiger charge is -2.02. The highest BCUT2D eigenvalue weighted by molar-refractivity contribution is 6.38. The van der Waals surface area contributed by atoms with E-state index in [9.17, 15) is 4.79 Å². The van der Waals surface area contributed by atoms with Gasteiger partial charge in [0.15, 0.2) is 11.6 Å². The van der Waals surface area contributed by atoms with Crippen molar-refractivity contribution in [1.29, 1.82) is 0 Å². The van der Waals surface area contributed by atoms with Gasteiger partial charge in [-0.25, -0.2) is 10.5 Å². The van der Waals surface area contributed by atoms with E-state index in [0.29, 0.717) is 5.69 Å². The minimum absolute atomic E-state index is 0.0562. The Hall–Kier alpha value is -1.68. The molecule has 4 heteroatoms. The summed E-state index contributed by atoms with van der Waals surface area (Å²) in [7, 11) is 0. The number of hydrogen-bond acceptors (Lipinski definition) is 3. The molecule has 0 aliphatic carbocycles. The molecule has 1 rings (SSSR count). The number of carbonyl (C=O) groups excluding carboxylic acids is 1. The third kappa shape index (κ3) is 2.40. The summed E-state index contributed by atoms with van der Waals surface area (Å²) in [5.41, 5.74) is 3.39. The molecule has 1 aromatic rings. The molecule has 0 atom stereocenters. The van der Waals surface area contributed by atoms with Gasteiger partial charge in [-0.05, 0) is 18.6 Å². The minimum atomic E-state index is -0.309. The number of ketones is 1. The summed E-state index contributed by atoms with van der Waals surface area (Å²) in [6, 6.07) is 7.36. The van der Waals surface area contributed by atoms with Crippen molar-refractivity contribution in [3.05, 3.63) is 29.8 Å². The number of nitrogens with zero attached hydrogens (tertiary/aromatic N) is 1. The van der Waals surface area contributed by atoms with E-state index in [1.807, 2.05) is 25.1 Å². The number of rotatable bonds is 2.